The van der Waals surface area contributed by atoms with E-state index < -0.39 is 0 Å². The molecule has 0 unspecified atom stereocenters. The lowest BCUT2D eigenvalue weighted by Crippen LogP contribution is -2.59. The number of hydrogen-bond donors (Lipinski definition) is 1. The van der Waals surface area contributed by atoms with Gasteiger partial charge in [-0.2, -0.15) is 0 Å². The maximum absolute atomic E-state index is 12.9. The number of nitrogens with one attached hydrogen (secondary N) is 1. The molecule has 1 aromatic carbocycles. The molecule has 1 atom stereocenters. The third kappa shape index (κ3) is 5.25. The SMILES string of the molecule is CCC[C@H]1CN(c2ncc(-c3ncc[nH]3)nc2C)CCN1C1CCN(C(=O)c2ccc(Cl)cc2)CC1. The number of nitrogens with zero attached hydrogens (tertiary/aromatic N) is 6. The zero-order valence-electron chi connectivity index (χ0n) is 21.0. The van der Waals surface area contributed by atoms with Gasteiger partial charge in [0.15, 0.2) is 5.82 Å². The minimum absolute atomic E-state index is 0.104. The van der Waals surface area contributed by atoms with Gasteiger partial charge >= 0.3 is 0 Å². The lowest BCUT2D eigenvalue weighted by molar-refractivity contribution is 0.0481. The van der Waals surface area contributed by atoms with Crippen LogP contribution < -0.4 is 4.90 Å². The number of likely N-dealkylation sites (tertiary alicyclic amines) is 1. The van der Waals surface area contributed by atoms with Crippen molar-refractivity contribution in [3.05, 3.63) is 59.1 Å². The van der Waals surface area contributed by atoms with E-state index in [0.717, 1.165) is 81.4 Å². The fourth-order valence-corrected chi connectivity index (χ4v) is 5.74. The van der Waals surface area contributed by atoms with Crippen LogP contribution >= 0.6 is 11.6 Å². The first-order valence-corrected chi connectivity index (χ1v) is 13.3. The summed E-state index contributed by atoms with van der Waals surface area (Å²) in [5.74, 6) is 1.81. The quantitative estimate of drug-likeness (QED) is 0.531. The molecular formula is C27H34ClN7O. The number of carbonyl (C=O) groups excluding carboxylic acids is 1. The fraction of sp³-hybridized carbons (Fsp3) is 0.481. The van der Waals surface area contributed by atoms with Gasteiger partial charge in [0.2, 0.25) is 0 Å². The monoisotopic (exact) mass is 507 g/mol. The number of aromatic amines is 1. The lowest BCUT2D eigenvalue weighted by Gasteiger charge is -2.48. The Morgan fingerprint density at radius 1 is 1.11 bits per heavy atom. The van der Waals surface area contributed by atoms with Gasteiger partial charge in [-0.15, -0.1) is 0 Å². The molecule has 0 bridgehead atoms. The van der Waals surface area contributed by atoms with Gasteiger partial charge in [-0.25, -0.2) is 15.0 Å². The number of piperidine rings is 1. The van der Waals surface area contributed by atoms with E-state index in [9.17, 15) is 4.79 Å². The Hall–Kier alpha value is -2.97. The maximum Gasteiger partial charge on any atom is 0.253 e. The van der Waals surface area contributed by atoms with Crippen LogP contribution in [0.15, 0.2) is 42.9 Å². The number of imidazole rings is 1. The van der Waals surface area contributed by atoms with Gasteiger partial charge in [0.1, 0.15) is 11.5 Å². The summed E-state index contributed by atoms with van der Waals surface area (Å²) in [5, 5.41) is 0.654. The summed E-state index contributed by atoms with van der Waals surface area (Å²) in [6.07, 6.45) is 9.66. The molecule has 36 heavy (non-hydrogen) atoms. The summed E-state index contributed by atoms with van der Waals surface area (Å²) in [7, 11) is 0. The van der Waals surface area contributed by atoms with Crippen LogP contribution in [0, 0.1) is 6.92 Å². The average Bonchev–Trinajstić information content (AvgIpc) is 3.44. The van der Waals surface area contributed by atoms with Crippen molar-refractivity contribution in [3.63, 3.8) is 0 Å². The maximum atomic E-state index is 12.9. The van der Waals surface area contributed by atoms with E-state index in [4.69, 9.17) is 21.6 Å². The first-order chi connectivity index (χ1) is 17.5. The highest BCUT2D eigenvalue weighted by Crippen LogP contribution is 2.28. The highest BCUT2D eigenvalue weighted by molar-refractivity contribution is 6.30. The highest BCUT2D eigenvalue weighted by atomic mass is 35.5. The Morgan fingerprint density at radius 3 is 2.56 bits per heavy atom. The summed E-state index contributed by atoms with van der Waals surface area (Å²) in [4.78, 5) is 37.0. The molecule has 4 heterocycles. The summed E-state index contributed by atoms with van der Waals surface area (Å²) in [6.45, 7) is 8.76. The second kappa shape index (κ2) is 11.0. The Morgan fingerprint density at radius 2 is 1.89 bits per heavy atom. The summed E-state index contributed by atoms with van der Waals surface area (Å²) < 4.78 is 0. The minimum Gasteiger partial charge on any atom is -0.352 e. The van der Waals surface area contributed by atoms with E-state index in [1.165, 1.54) is 0 Å². The summed E-state index contributed by atoms with van der Waals surface area (Å²) in [6, 6.07) is 8.18. The number of hydrogen-bond acceptors (Lipinski definition) is 6. The number of aryl methyl sites for hydroxylation is 1. The third-order valence-electron chi connectivity index (χ3n) is 7.42. The number of rotatable bonds is 6. The Balaban J connectivity index is 1.22. The Labute approximate surface area is 217 Å². The molecule has 5 rings (SSSR count). The minimum atomic E-state index is 0.104. The van der Waals surface area contributed by atoms with Gasteiger partial charge in [-0.05, 0) is 50.5 Å². The number of piperazine rings is 1. The number of benzene rings is 1. The van der Waals surface area contributed by atoms with Gasteiger partial charge in [-0.3, -0.25) is 9.69 Å². The number of carbonyl (C=O) groups is 1. The van der Waals surface area contributed by atoms with E-state index in [1.807, 2.05) is 30.2 Å². The van der Waals surface area contributed by atoms with E-state index in [-0.39, 0.29) is 5.91 Å². The molecule has 2 aliphatic rings. The van der Waals surface area contributed by atoms with Crippen LogP contribution in [-0.4, -0.2) is 80.5 Å². The standard InChI is InChI=1S/C27H34ClN7O/c1-3-4-23-18-34(26-19(2)32-24(17-31-26)25-29-11-12-30-25)15-16-35(23)22-9-13-33(14-10-22)27(36)20-5-7-21(28)8-6-20/h5-8,11-12,17,22-23H,3-4,9-10,13-16,18H2,1-2H3,(H,29,30)/t23-/m0/s1. The molecule has 2 aromatic heterocycles. The molecule has 2 fully saturated rings. The van der Waals surface area contributed by atoms with Crippen molar-refractivity contribution in [1.82, 2.24) is 29.7 Å². The van der Waals surface area contributed by atoms with Crippen LogP contribution in [0.1, 0.15) is 48.7 Å². The second-order valence-corrected chi connectivity index (χ2v) is 10.2. The number of H-pyrrole nitrogens is 1. The van der Waals surface area contributed by atoms with Gasteiger partial charge in [-0.1, -0.05) is 24.9 Å². The van der Waals surface area contributed by atoms with E-state index in [2.05, 4.69) is 26.7 Å². The van der Waals surface area contributed by atoms with Crippen molar-refractivity contribution in [2.45, 2.75) is 51.6 Å². The molecule has 2 saturated heterocycles. The van der Waals surface area contributed by atoms with E-state index >= 15 is 0 Å². The molecule has 190 valence electrons. The van der Waals surface area contributed by atoms with Gasteiger partial charge in [0, 0.05) is 67.8 Å². The average molecular weight is 508 g/mol. The van der Waals surface area contributed by atoms with Crippen LogP contribution in [0.4, 0.5) is 5.82 Å². The van der Waals surface area contributed by atoms with Crippen molar-refractivity contribution < 1.29 is 4.79 Å². The summed E-state index contributed by atoms with van der Waals surface area (Å²) >= 11 is 5.99. The molecule has 0 spiro atoms. The zero-order valence-corrected chi connectivity index (χ0v) is 21.8. The van der Waals surface area contributed by atoms with Crippen LogP contribution in [-0.2, 0) is 0 Å². The predicted molar refractivity (Wildman–Crippen MR) is 142 cm³/mol. The molecule has 1 amide bonds. The van der Waals surface area contributed by atoms with Crippen molar-refractivity contribution in [2.24, 2.45) is 0 Å². The molecule has 0 radical (unpaired) electrons. The van der Waals surface area contributed by atoms with Crippen molar-refractivity contribution in [3.8, 4) is 11.5 Å². The molecule has 2 aliphatic heterocycles. The molecule has 9 heteroatoms. The lowest BCUT2D eigenvalue weighted by atomic mass is 9.97. The smallest absolute Gasteiger partial charge is 0.253 e. The van der Waals surface area contributed by atoms with Crippen LogP contribution in [0.2, 0.25) is 5.02 Å². The van der Waals surface area contributed by atoms with Crippen LogP contribution in [0.3, 0.4) is 0 Å². The predicted octanol–water partition coefficient (Wildman–Crippen LogP) is 4.42. The zero-order chi connectivity index (χ0) is 25.1. The highest BCUT2D eigenvalue weighted by Gasteiger charge is 2.35. The number of aromatic nitrogens is 4. The number of anilines is 1. The number of amides is 1. The molecular weight excluding hydrogens is 474 g/mol. The molecule has 0 saturated carbocycles. The first kappa shape index (κ1) is 24.7. The molecule has 1 N–H and O–H groups in total. The normalized spacial score (nSPS) is 19.6. The van der Waals surface area contributed by atoms with Crippen LogP contribution in [0.25, 0.3) is 11.5 Å². The molecule has 3 aromatic rings. The summed E-state index contributed by atoms with van der Waals surface area (Å²) in [5.41, 5.74) is 2.41. The topological polar surface area (TPSA) is 81.2 Å². The van der Waals surface area contributed by atoms with E-state index in [0.29, 0.717) is 22.7 Å². The number of halogens is 1. The Bertz CT molecular complexity index is 1160. The molecule has 0 aliphatic carbocycles. The largest absolute Gasteiger partial charge is 0.352 e. The van der Waals surface area contributed by atoms with Gasteiger partial charge < -0.3 is 14.8 Å². The van der Waals surface area contributed by atoms with Crippen molar-refractivity contribution >= 4 is 23.3 Å². The Kier molecular flexibility index (Phi) is 7.53. The second-order valence-electron chi connectivity index (χ2n) is 9.76. The van der Waals surface area contributed by atoms with E-state index in [1.54, 1.807) is 24.5 Å². The van der Waals surface area contributed by atoms with Crippen molar-refractivity contribution in [1.29, 1.82) is 0 Å². The van der Waals surface area contributed by atoms with Crippen LogP contribution in [0.5, 0.6) is 0 Å². The fourth-order valence-electron chi connectivity index (χ4n) is 5.61. The third-order valence-corrected chi connectivity index (χ3v) is 7.68. The first-order valence-electron chi connectivity index (χ1n) is 12.9. The van der Waals surface area contributed by atoms with Gasteiger partial charge in [0.25, 0.3) is 5.91 Å². The van der Waals surface area contributed by atoms with Gasteiger partial charge in [0.05, 0.1) is 11.9 Å². The molecule has 8 nitrogen and oxygen atoms in total. The van der Waals surface area contributed by atoms with Crippen molar-refractivity contribution in [2.75, 3.05) is 37.6 Å².